The second-order valence-electron chi connectivity index (χ2n) is 7.54. The van der Waals surface area contributed by atoms with Crippen LogP contribution < -0.4 is 5.73 Å². The first-order chi connectivity index (χ1) is 14.4. The van der Waals surface area contributed by atoms with E-state index in [1.807, 2.05) is 67.6 Å². The lowest BCUT2D eigenvalue weighted by Gasteiger charge is -2.38. The van der Waals surface area contributed by atoms with E-state index in [9.17, 15) is 14.4 Å². The monoisotopic (exact) mass is 422 g/mol. The Kier molecular flexibility index (Phi) is 5.39. The van der Waals surface area contributed by atoms with Crippen LogP contribution in [0.5, 0.6) is 0 Å². The van der Waals surface area contributed by atoms with Crippen molar-refractivity contribution in [3.8, 4) is 0 Å². The van der Waals surface area contributed by atoms with Crippen LogP contribution in [-0.2, 0) is 19.1 Å². The van der Waals surface area contributed by atoms with E-state index in [4.69, 9.17) is 10.5 Å². The molecule has 2 saturated heterocycles. The summed E-state index contributed by atoms with van der Waals surface area (Å²) in [6.45, 7) is 1.83. The average molecular weight is 423 g/mol. The highest BCUT2D eigenvalue weighted by molar-refractivity contribution is 8.01. The fraction of sp³-hybridized carbons (Fsp3) is 0.261. The predicted molar refractivity (Wildman–Crippen MR) is 114 cm³/mol. The summed E-state index contributed by atoms with van der Waals surface area (Å²) in [4.78, 5) is 38.5. The zero-order chi connectivity index (χ0) is 21.3. The molecule has 2 aromatic rings. The number of fused-ring (bicyclic) bond motifs is 1. The summed E-state index contributed by atoms with van der Waals surface area (Å²) < 4.78 is 5.21. The van der Waals surface area contributed by atoms with Crippen molar-refractivity contribution < 1.29 is 19.1 Å². The zero-order valence-electron chi connectivity index (χ0n) is 16.4. The van der Waals surface area contributed by atoms with Gasteiger partial charge in [-0.15, -0.1) is 11.8 Å². The number of nitrogens with zero attached hydrogens (tertiary/aromatic N) is 1. The lowest BCUT2D eigenvalue weighted by molar-refractivity contribution is -0.163. The van der Waals surface area contributed by atoms with Crippen molar-refractivity contribution in [3.63, 3.8) is 0 Å². The van der Waals surface area contributed by atoms with Crippen molar-refractivity contribution in [2.45, 2.75) is 35.6 Å². The summed E-state index contributed by atoms with van der Waals surface area (Å²) >= 11 is 1.47. The summed E-state index contributed by atoms with van der Waals surface area (Å²) in [5.74, 6) is -1.20. The molecule has 2 aliphatic heterocycles. The molecule has 4 rings (SSSR count). The number of hydrogen-bond acceptors (Lipinski definition) is 5. The highest BCUT2D eigenvalue weighted by atomic mass is 32.2. The van der Waals surface area contributed by atoms with Gasteiger partial charge in [0, 0.05) is 6.08 Å². The number of benzene rings is 2. The third-order valence-electron chi connectivity index (χ3n) is 5.40. The van der Waals surface area contributed by atoms with E-state index in [0.29, 0.717) is 6.42 Å². The van der Waals surface area contributed by atoms with E-state index in [-0.39, 0.29) is 11.3 Å². The van der Waals surface area contributed by atoms with Gasteiger partial charge in [-0.1, -0.05) is 66.7 Å². The maximum absolute atomic E-state index is 13.4. The third-order valence-corrected chi connectivity index (χ3v) is 6.93. The molecule has 2 aliphatic rings. The van der Waals surface area contributed by atoms with Crippen LogP contribution in [0.2, 0.25) is 0 Å². The summed E-state index contributed by atoms with van der Waals surface area (Å²) in [6, 6.07) is 18.1. The molecule has 0 unspecified atom stereocenters. The Morgan fingerprint density at radius 1 is 1.13 bits per heavy atom. The molecule has 2 fully saturated rings. The van der Waals surface area contributed by atoms with Crippen LogP contribution in [0.15, 0.2) is 72.8 Å². The van der Waals surface area contributed by atoms with Gasteiger partial charge in [0.15, 0.2) is 6.10 Å². The number of thioether (sulfide) groups is 1. The smallest absolute Gasteiger partial charge is 0.331 e. The van der Waals surface area contributed by atoms with Crippen molar-refractivity contribution in [1.29, 1.82) is 0 Å². The quantitative estimate of drug-likeness (QED) is 0.439. The Labute approximate surface area is 179 Å². The molecule has 6 nitrogen and oxygen atoms in total. The van der Waals surface area contributed by atoms with Crippen molar-refractivity contribution in [1.82, 2.24) is 4.90 Å². The minimum Gasteiger partial charge on any atom is -0.451 e. The molecule has 2 heterocycles. The van der Waals surface area contributed by atoms with Crippen LogP contribution in [-0.4, -0.2) is 38.8 Å². The first-order valence-corrected chi connectivity index (χ1v) is 10.5. The number of amides is 2. The van der Waals surface area contributed by atoms with Gasteiger partial charge in [-0.25, -0.2) is 4.79 Å². The zero-order valence-corrected chi connectivity index (χ0v) is 17.2. The van der Waals surface area contributed by atoms with Gasteiger partial charge in [0.2, 0.25) is 11.8 Å². The number of carbonyl (C=O) groups is 3. The van der Waals surface area contributed by atoms with Crippen molar-refractivity contribution in [3.05, 3.63) is 83.9 Å². The number of primary amides is 1. The predicted octanol–water partition coefficient (Wildman–Crippen LogP) is 2.79. The van der Waals surface area contributed by atoms with Crippen molar-refractivity contribution in [2.24, 2.45) is 5.73 Å². The molecule has 154 valence electrons. The molecular formula is C23H22N2O4S. The molecule has 30 heavy (non-hydrogen) atoms. The third kappa shape index (κ3) is 3.73. The number of ether oxygens (including phenoxy) is 1. The standard InChI is InChI=1S/C23H22N2O4S/c1-23(13-12-17(24)26)21(25-18(27)14-19(25)30-23)22(28)29-20(15-8-4-2-5-9-15)16-10-6-3-7-11-16/h2-13,19-21H,14H2,1H3,(H2,24,26)/b13-12+/t19-,21+,23+/m1/s1. The van der Waals surface area contributed by atoms with Gasteiger partial charge in [-0.2, -0.15) is 0 Å². The summed E-state index contributed by atoms with van der Waals surface area (Å²) in [5.41, 5.74) is 6.94. The first kappa shape index (κ1) is 20.2. The van der Waals surface area contributed by atoms with E-state index in [1.165, 1.54) is 17.8 Å². The molecule has 0 saturated carbocycles. The number of nitrogens with two attached hydrogens (primary N) is 1. The van der Waals surface area contributed by atoms with Gasteiger partial charge in [0.05, 0.1) is 16.5 Å². The number of carbonyl (C=O) groups excluding carboxylic acids is 3. The topological polar surface area (TPSA) is 89.7 Å². The number of rotatable bonds is 6. The normalized spacial score (nSPS) is 25.3. The van der Waals surface area contributed by atoms with Crippen LogP contribution >= 0.6 is 11.8 Å². The summed E-state index contributed by atoms with van der Waals surface area (Å²) in [6.07, 6.45) is 2.62. The van der Waals surface area contributed by atoms with Gasteiger partial charge >= 0.3 is 5.97 Å². The van der Waals surface area contributed by atoms with E-state index < -0.39 is 28.8 Å². The molecule has 7 heteroatoms. The number of β-lactam (4-membered cyclic amide) rings is 1. The lowest BCUT2D eigenvalue weighted by atomic mass is 9.95. The summed E-state index contributed by atoms with van der Waals surface area (Å²) in [7, 11) is 0. The molecule has 0 spiro atoms. The number of hydrogen-bond donors (Lipinski definition) is 1. The van der Waals surface area contributed by atoms with E-state index in [1.54, 1.807) is 11.0 Å². The second-order valence-corrected chi connectivity index (χ2v) is 9.20. The molecule has 2 N–H and O–H groups in total. The summed E-state index contributed by atoms with van der Waals surface area (Å²) in [5, 5.41) is -0.107. The van der Waals surface area contributed by atoms with Crippen LogP contribution in [0.4, 0.5) is 0 Å². The van der Waals surface area contributed by atoms with Crippen molar-refractivity contribution >= 4 is 29.5 Å². The fourth-order valence-electron chi connectivity index (χ4n) is 3.93. The van der Waals surface area contributed by atoms with Crippen LogP contribution in [0.25, 0.3) is 0 Å². The highest BCUT2D eigenvalue weighted by Gasteiger charge is 2.60. The Hall–Kier alpha value is -3.06. The minimum atomic E-state index is -0.834. The molecule has 0 bridgehead atoms. The van der Waals surface area contributed by atoms with Gasteiger partial charge in [0.1, 0.15) is 6.04 Å². The van der Waals surface area contributed by atoms with E-state index in [0.717, 1.165) is 11.1 Å². The van der Waals surface area contributed by atoms with Crippen molar-refractivity contribution in [2.75, 3.05) is 0 Å². The maximum Gasteiger partial charge on any atom is 0.331 e. The molecule has 3 atom stereocenters. The Morgan fingerprint density at radius 3 is 2.20 bits per heavy atom. The molecule has 0 radical (unpaired) electrons. The van der Waals surface area contributed by atoms with Crippen LogP contribution in [0.1, 0.15) is 30.6 Å². The molecular weight excluding hydrogens is 400 g/mol. The Morgan fingerprint density at radius 2 is 1.70 bits per heavy atom. The number of esters is 1. The van der Waals surface area contributed by atoms with E-state index in [2.05, 4.69) is 0 Å². The van der Waals surface area contributed by atoms with Crippen LogP contribution in [0, 0.1) is 0 Å². The van der Waals surface area contributed by atoms with Crippen LogP contribution in [0.3, 0.4) is 0 Å². The molecule has 2 amide bonds. The molecule has 0 aromatic heterocycles. The SMILES string of the molecule is C[C@@]1(/C=C/C(N)=O)S[C@@H]2CC(=O)N2[C@H]1C(=O)OC(c1ccccc1)c1ccccc1. The van der Waals surface area contributed by atoms with E-state index >= 15 is 0 Å². The Bertz CT molecular complexity index is 955. The Balaban J connectivity index is 1.67. The van der Waals surface area contributed by atoms with Gasteiger partial charge in [-0.05, 0) is 18.1 Å². The first-order valence-electron chi connectivity index (χ1n) is 9.67. The molecule has 0 aliphatic carbocycles. The maximum atomic E-state index is 13.4. The average Bonchev–Trinajstić information content (AvgIpc) is 2.99. The van der Waals surface area contributed by atoms with Gasteiger partial charge < -0.3 is 15.4 Å². The largest absolute Gasteiger partial charge is 0.451 e. The van der Waals surface area contributed by atoms with Gasteiger partial charge in [0.25, 0.3) is 0 Å². The molecule has 2 aromatic carbocycles. The minimum absolute atomic E-state index is 0.0957. The van der Waals surface area contributed by atoms with Gasteiger partial charge in [-0.3, -0.25) is 9.59 Å². The lowest BCUT2D eigenvalue weighted by Crippen LogP contribution is -2.57. The fourth-order valence-corrected chi connectivity index (χ4v) is 5.58. The second kappa shape index (κ2) is 7.99. The highest BCUT2D eigenvalue weighted by Crippen LogP contribution is 2.52.